The van der Waals surface area contributed by atoms with E-state index in [1.54, 1.807) is 6.92 Å². The van der Waals surface area contributed by atoms with Crippen LogP contribution in [0.5, 0.6) is 0 Å². The van der Waals surface area contributed by atoms with Crippen LogP contribution in [0.1, 0.15) is 58.8 Å². The zero-order valence-electron chi connectivity index (χ0n) is 15.1. The Balaban J connectivity index is 0.00000529. The van der Waals surface area contributed by atoms with E-state index in [-0.39, 0.29) is 29.7 Å². The van der Waals surface area contributed by atoms with Crippen LogP contribution < -0.4 is 15.4 Å². The van der Waals surface area contributed by atoms with Crippen LogP contribution in [0, 0.1) is 5.92 Å². The SMILES string of the molecule is CCNC(=NCCCNS(=O)(=O)CC)NCCCC1CCCC1.I. The monoisotopic (exact) mass is 474 g/mol. The summed E-state index contributed by atoms with van der Waals surface area (Å²) in [5, 5.41) is 6.59. The molecule has 0 aromatic carbocycles. The first-order chi connectivity index (χ1) is 11.1. The molecule has 8 heteroatoms. The molecular weight excluding hydrogens is 439 g/mol. The molecule has 0 atom stereocenters. The van der Waals surface area contributed by atoms with E-state index in [1.165, 1.54) is 38.5 Å². The summed E-state index contributed by atoms with van der Waals surface area (Å²) >= 11 is 0. The van der Waals surface area contributed by atoms with Gasteiger partial charge in [-0.3, -0.25) is 4.99 Å². The van der Waals surface area contributed by atoms with Crippen LogP contribution in [-0.2, 0) is 10.0 Å². The molecule has 1 saturated carbocycles. The Kier molecular flexibility index (Phi) is 14.1. The topological polar surface area (TPSA) is 82.6 Å². The zero-order chi connectivity index (χ0) is 17.0. The Labute approximate surface area is 165 Å². The van der Waals surface area contributed by atoms with Gasteiger partial charge in [-0.05, 0) is 39.0 Å². The van der Waals surface area contributed by atoms with E-state index in [2.05, 4.69) is 20.3 Å². The zero-order valence-corrected chi connectivity index (χ0v) is 18.3. The van der Waals surface area contributed by atoms with Gasteiger partial charge in [-0.2, -0.15) is 0 Å². The second-order valence-electron chi connectivity index (χ2n) is 6.13. The minimum Gasteiger partial charge on any atom is -0.357 e. The molecule has 0 aliphatic heterocycles. The summed E-state index contributed by atoms with van der Waals surface area (Å²) < 4.78 is 25.2. The molecule has 0 spiro atoms. The molecule has 0 saturated heterocycles. The normalized spacial score (nSPS) is 16.0. The van der Waals surface area contributed by atoms with Crippen molar-refractivity contribution in [3.63, 3.8) is 0 Å². The Morgan fingerprint density at radius 3 is 2.42 bits per heavy atom. The highest BCUT2D eigenvalue weighted by Crippen LogP contribution is 2.28. The summed E-state index contributed by atoms with van der Waals surface area (Å²) in [5.41, 5.74) is 0. The van der Waals surface area contributed by atoms with Gasteiger partial charge in [0, 0.05) is 26.2 Å². The third kappa shape index (κ3) is 11.5. The number of hydrogen-bond acceptors (Lipinski definition) is 3. The van der Waals surface area contributed by atoms with Crippen molar-refractivity contribution in [1.82, 2.24) is 15.4 Å². The van der Waals surface area contributed by atoms with Crippen molar-refractivity contribution >= 4 is 40.0 Å². The quantitative estimate of drug-likeness (QED) is 0.186. The van der Waals surface area contributed by atoms with Gasteiger partial charge in [-0.25, -0.2) is 13.1 Å². The Hall–Kier alpha value is -0.0900. The summed E-state index contributed by atoms with van der Waals surface area (Å²) in [4.78, 5) is 4.49. The molecule has 3 N–H and O–H groups in total. The number of aliphatic imine (C=N–C) groups is 1. The summed E-state index contributed by atoms with van der Waals surface area (Å²) in [6.07, 6.45) is 8.83. The standard InChI is InChI=1S/C16H34N4O2S.HI/c1-3-17-16(18-12-7-11-15-9-5-6-10-15)19-13-8-14-20-23(21,22)4-2;/h15,20H,3-14H2,1-2H3,(H2,17,18,19);1H. The first-order valence-corrected chi connectivity index (χ1v) is 10.7. The molecule has 1 aliphatic rings. The number of nitrogens with one attached hydrogen (secondary N) is 3. The minimum absolute atomic E-state index is 0. The van der Waals surface area contributed by atoms with Crippen molar-refractivity contribution in [1.29, 1.82) is 0 Å². The molecule has 0 heterocycles. The first kappa shape index (κ1) is 23.9. The van der Waals surface area contributed by atoms with Crippen molar-refractivity contribution in [2.75, 3.05) is 31.9 Å². The van der Waals surface area contributed by atoms with Crippen LogP contribution in [-0.4, -0.2) is 46.3 Å². The smallest absolute Gasteiger partial charge is 0.211 e. The molecule has 0 aromatic rings. The van der Waals surface area contributed by atoms with Gasteiger partial charge in [0.15, 0.2) is 5.96 Å². The first-order valence-electron chi connectivity index (χ1n) is 9.07. The summed E-state index contributed by atoms with van der Waals surface area (Å²) in [7, 11) is -3.09. The van der Waals surface area contributed by atoms with E-state index >= 15 is 0 Å². The van der Waals surface area contributed by atoms with Gasteiger partial charge in [-0.1, -0.05) is 25.7 Å². The predicted molar refractivity (Wildman–Crippen MR) is 113 cm³/mol. The number of halogens is 1. The van der Waals surface area contributed by atoms with Crippen LogP contribution in [0.4, 0.5) is 0 Å². The average molecular weight is 474 g/mol. The maximum absolute atomic E-state index is 11.3. The number of sulfonamides is 1. The molecule has 0 aromatic heterocycles. The van der Waals surface area contributed by atoms with Crippen molar-refractivity contribution in [2.24, 2.45) is 10.9 Å². The molecule has 0 amide bonds. The van der Waals surface area contributed by atoms with Gasteiger partial charge >= 0.3 is 0 Å². The van der Waals surface area contributed by atoms with Gasteiger partial charge in [0.1, 0.15) is 0 Å². The van der Waals surface area contributed by atoms with E-state index in [4.69, 9.17) is 0 Å². The highest BCUT2D eigenvalue weighted by atomic mass is 127. The van der Waals surface area contributed by atoms with Crippen LogP contribution in [0.2, 0.25) is 0 Å². The Morgan fingerprint density at radius 1 is 1.08 bits per heavy atom. The number of nitrogens with zero attached hydrogens (tertiary/aromatic N) is 1. The highest BCUT2D eigenvalue weighted by Gasteiger charge is 2.13. The lowest BCUT2D eigenvalue weighted by Gasteiger charge is -2.13. The molecule has 0 radical (unpaired) electrons. The van der Waals surface area contributed by atoms with E-state index in [9.17, 15) is 8.42 Å². The lowest BCUT2D eigenvalue weighted by atomic mass is 10.0. The average Bonchev–Trinajstić information content (AvgIpc) is 3.04. The minimum atomic E-state index is -3.09. The molecule has 24 heavy (non-hydrogen) atoms. The van der Waals surface area contributed by atoms with Crippen LogP contribution in [0.25, 0.3) is 0 Å². The second-order valence-corrected chi connectivity index (χ2v) is 8.23. The van der Waals surface area contributed by atoms with Crippen LogP contribution in [0.15, 0.2) is 4.99 Å². The maximum atomic E-state index is 11.3. The lowest BCUT2D eigenvalue weighted by Crippen LogP contribution is -2.38. The molecule has 6 nitrogen and oxygen atoms in total. The van der Waals surface area contributed by atoms with Gasteiger partial charge in [-0.15, -0.1) is 24.0 Å². The molecule has 144 valence electrons. The van der Waals surface area contributed by atoms with Gasteiger partial charge < -0.3 is 10.6 Å². The van der Waals surface area contributed by atoms with E-state index in [1.807, 2.05) is 6.92 Å². The molecular formula is C16H35IN4O2S. The molecule has 1 fully saturated rings. The third-order valence-corrected chi connectivity index (χ3v) is 5.61. The third-order valence-electron chi connectivity index (χ3n) is 4.21. The largest absolute Gasteiger partial charge is 0.357 e. The fraction of sp³-hybridized carbons (Fsp3) is 0.938. The number of rotatable bonds is 11. The molecule has 0 bridgehead atoms. The second kappa shape index (κ2) is 14.1. The molecule has 0 unspecified atom stereocenters. The van der Waals surface area contributed by atoms with Crippen LogP contribution in [0.3, 0.4) is 0 Å². The van der Waals surface area contributed by atoms with Gasteiger partial charge in [0.2, 0.25) is 10.0 Å². The van der Waals surface area contributed by atoms with Gasteiger partial charge in [0.05, 0.1) is 5.75 Å². The molecule has 1 aliphatic carbocycles. The maximum Gasteiger partial charge on any atom is 0.211 e. The molecule has 1 rings (SSSR count). The van der Waals surface area contributed by atoms with Crippen molar-refractivity contribution in [3.8, 4) is 0 Å². The van der Waals surface area contributed by atoms with E-state index < -0.39 is 10.0 Å². The fourth-order valence-electron chi connectivity index (χ4n) is 2.84. The summed E-state index contributed by atoms with van der Waals surface area (Å²) in [6.45, 7) is 6.52. The Morgan fingerprint density at radius 2 is 1.79 bits per heavy atom. The number of guanidine groups is 1. The fourth-order valence-corrected chi connectivity index (χ4v) is 3.50. The lowest BCUT2D eigenvalue weighted by molar-refractivity contribution is 0.481. The van der Waals surface area contributed by atoms with Crippen molar-refractivity contribution in [2.45, 2.75) is 58.8 Å². The van der Waals surface area contributed by atoms with Crippen LogP contribution >= 0.6 is 24.0 Å². The predicted octanol–water partition coefficient (Wildman–Crippen LogP) is 2.46. The van der Waals surface area contributed by atoms with E-state index in [0.29, 0.717) is 19.5 Å². The van der Waals surface area contributed by atoms with Crippen molar-refractivity contribution < 1.29 is 8.42 Å². The van der Waals surface area contributed by atoms with Crippen molar-refractivity contribution in [3.05, 3.63) is 0 Å². The Bertz CT molecular complexity index is 437. The highest BCUT2D eigenvalue weighted by molar-refractivity contribution is 14.0. The number of hydrogen-bond donors (Lipinski definition) is 3. The van der Waals surface area contributed by atoms with E-state index in [0.717, 1.165) is 25.0 Å². The van der Waals surface area contributed by atoms with Gasteiger partial charge in [0.25, 0.3) is 0 Å². The summed E-state index contributed by atoms with van der Waals surface area (Å²) in [5.74, 6) is 1.89. The summed E-state index contributed by atoms with van der Waals surface area (Å²) in [6, 6.07) is 0.